The quantitative estimate of drug-likeness (QED) is 0.188. The van der Waals surface area contributed by atoms with E-state index in [0.29, 0.717) is 16.7 Å². The molecule has 1 aliphatic rings. The van der Waals surface area contributed by atoms with Crippen LogP contribution in [0.25, 0.3) is 0 Å². The van der Waals surface area contributed by atoms with Crippen LogP contribution >= 0.6 is 11.8 Å². The monoisotopic (exact) mass is 355 g/mol. The molecule has 1 fully saturated rings. The van der Waals surface area contributed by atoms with E-state index in [0.717, 1.165) is 11.8 Å². The van der Waals surface area contributed by atoms with Gasteiger partial charge in [-0.2, -0.15) is 5.26 Å². The van der Waals surface area contributed by atoms with E-state index in [4.69, 9.17) is 10.00 Å². The molecule has 0 spiro atoms. The third-order valence-corrected chi connectivity index (χ3v) is 4.12. The first-order valence-corrected chi connectivity index (χ1v) is 7.82. The molecule has 10 heteroatoms. The van der Waals surface area contributed by atoms with Gasteiger partial charge in [0.1, 0.15) is 11.1 Å². The summed E-state index contributed by atoms with van der Waals surface area (Å²) in [5.74, 6) is -2.85. The zero-order chi connectivity index (χ0) is 18.6. The second-order valence-electron chi connectivity index (χ2n) is 4.80. The van der Waals surface area contributed by atoms with Gasteiger partial charge in [0.15, 0.2) is 23.0 Å². The Morgan fingerprint density at radius 2 is 1.96 bits per heavy atom. The Morgan fingerprint density at radius 1 is 1.38 bits per heavy atom. The summed E-state index contributed by atoms with van der Waals surface area (Å²) in [6.45, 7) is 5.11. The number of esters is 1. The number of β-lactam (4-membered cyclic amide) rings is 1. The van der Waals surface area contributed by atoms with Crippen molar-refractivity contribution in [2.45, 2.75) is 39.1 Å². The molecule has 2 unspecified atom stereocenters. The highest BCUT2D eigenvalue weighted by Gasteiger charge is 2.56. The Morgan fingerprint density at radius 3 is 2.33 bits per heavy atom. The largest absolute Gasteiger partial charge is 0.510 e. The van der Waals surface area contributed by atoms with Crippen molar-refractivity contribution in [1.82, 2.24) is 9.80 Å². The number of aliphatic hydroxyl groups excluding tert-OH is 1. The second kappa shape index (κ2) is 7.83. The Labute approximate surface area is 142 Å². The predicted molar refractivity (Wildman–Crippen MR) is 82.8 cm³/mol. The predicted octanol–water partition coefficient (Wildman–Crippen LogP) is 0.485. The molecule has 2 amide bonds. The molecule has 0 bridgehead atoms. The number of aliphatic hydroxyl groups is 1. The number of hydrogen-bond acceptors (Lipinski definition) is 8. The minimum atomic E-state index is -1.23. The number of carbonyl (C=O) groups excluding carboxylic acids is 4. The Balaban J connectivity index is 3.28. The van der Waals surface area contributed by atoms with Crippen LogP contribution in [0, 0.1) is 11.5 Å². The van der Waals surface area contributed by atoms with E-state index in [2.05, 4.69) is 0 Å². The maximum absolute atomic E-state index is 12.4. The summed E-state index contributed by atoms with van der Waals surface area (Å²) < 4.78 is 4.80. The maximum Gasteiger partial charge on any atom is 0.358 e. The zero-order valence-electron chi connectivity index (χ0n) is 13.6. The number of nitriles is 1. The smallest absolute Gasteiger partial charge is 0.358 e. The van der Waals surface area contributed by atoms with Crippen molar-refractivity contribution in [2.24, 2.45) is 0 Å². The van der Waals surface area contributed by atoms with Crippen LogP contribution in [-0.2, 0) is 23.9 Å². The minimum Gasteiger partial charge on any atom is -0.510 e. The fourth-order valence-electron chi connectivity index (χ4n) is 2.16. The summed E-state index contributed by atoms with van der Waals surface area (Å²) in [4.78, 5) is 48.9. The van der Waals surface area contributed by atoms with Crippen LogP contribution in [-0.4, -0.2) is 55.8 Å². The van der Waals surface area contributed by atoms with Gasteiger partial charge in [0.2, 0.25) is 5.91 Å². The van der Waals surface area contributed by atoms with Crippen LogP contribution < -0.4 is 0 Å². The van der Waals surface area contributed by atoms with Gasteiger partial charge >= 0.3 is 5.97 Å². The van der Waals surface area contributed by atoms with E-state index in [1.165, 1.54) is 13.8 Å². The molecule has 0 saturated carbocycles. The molecule has 24 heavy (non-hydrogen) atoms. The van der Waals surface area contributed by atoms with Gasteiger partial charge in [0.05, 0.1) is 6.61 Å². The van der Waals surface area contributed by atoms with Crippen LogP contribution in [0.4, 0.5) is 0 Å². The van der Waals surface area contributed by atoms with Crippen LogP contribution in [0.2, 0.25) is 0 Å². The topological polar surface area (TPSA) is 128 Å². The van der Waals surface area contributed by atoms with Crippen molar-refractivity contribution in [3.63, 3.8) is 0 Å². The first kappa shape index (κ1) is 19.5. The number of hydrogen-bond donors (Lipinski definition) is 1. The van der Waals surface area contributed by atoms with Crippen molar-refractivity contribution in [2.75, 3.05) is 6.61 Å². The molecule has 1 heterocycles. The van der Waals surface area contributed by atoms with Gasteiger partial charge < -0.3 is 9.84 Å². The van der Waals surface area contributed by atoms with Crippen LogP contribution in [0.3, 0.4) is 0 Å². The summed E-state index contributed by atoms with van der Waals surface area (Å²) >= 11 is 0.672. The van der Waals surface area contributed by atoms with E-state index in [1.807, 2.05) is 0 Å². The van der Waals surface area contributed by atoms with Gasteiger partial charge in [-0.05, 0) is 13.8 Å². The second-order valence-corrected chi connectivity index (χ2v) is 6.09. The molecule has 130 valence electrons. The van der Waals surface area contributed by atoms with Crippen molar-refractivity contribution >= 4 is 34.7 Å². The third-order valence-electron chi connectivity index (χ3n) is 3.08. The molecule has 2 atom stereocenters. The molecule has 1 saturated heterocycles. The summed E-state index contributed by atoms with van der Waals surface area (Å²) in [6, 6.07) is -1.23. The molecule has 9 nitrogen and oxygen atoms in total. The van der Waals surface area contributed by atoms with Crippen LogP contribution in [0.15, 0.2) is 11.5 Å². The lowest BCUT2D eigenvalue weighted by Crippen LogP contribution is -2.69. The first-order valence-electron chi connectivity index (χ1n) is 6.94. The highest BCUT2D eigenvalue weighted by molar-refractivity contribution is 8.14. The summed E-state index contributed by atoms with van der Waals surface area (Å²) in [7, 11) is 0. The molecule has 0 aliphatic carbocycles. The lowest BCUT2D eigenvalue weighted by molar-refractivity contribution is -0.157. The number of rotatable bonds is 5. The number of ether oxygens (including phenoxy) is 1. The van der Waals surface area contributed by atoms with Crippen molar-refractivity contribution < 1.29 is 29.0 Å². The van der Waals surface area contributed by atoms with Crippen LogP contribution in [0.1, 0.15) is 27.7 Å². The van der Waals surface area contributed by atoms with Gasteiger partial charge in [-0.25, -0.2) is 9.69 Å². The zero-order valence-corrected chi connectivity index (χ0v) is 14.4. The maximum atomic E-state index is 12.4. The molecule has 1 aliphatic heterocycles. The van der Waals surface area contributed by atoms with Gasteiger partial charge in [-0.1, -0.05) is 11.8 Å². The van der Waals surface area contributed by atoms with Crippen molar-refractivity contribution in [1.29, 1.82) is 5.26 Å². The van der Waals surface area contributed by atoms with Crippen molar-refractivity contribution in [3.8, 4) is 6.19 Å². The van der Waals surface area contributed by atoms with Gasteiger partial charge in [0, 0.05) is 13.8 Å². The van der Waals surface area contributed by atoms with E-state index >= 15 is 0 Å². The molecule has 0 aromatic heterocycles. The molecular weight excluding hydrogens is 338 g/mol. The summed E-state index contributed by atoms with van der Waals surface area (Å²) in [5, 5.41) is 17.4. The van der Waals surface area contributed by atoms with Crippen LogP contribution in [0.5, 0.6) is 0 Å². The van der Waals surface area contributed by atoms with E-state index in [9.17, 15) is 24.3 Å². The van der Waals surface area contributed by atoms with Gasteiger partial charge in [-0.3, -0.25) is 19.3 Å². The molecule has 0 radical (unpaired) electrons. The normalized spacial score (nSPS) is 20.5. The number of thioether (sulfide) groups is 1. The van der Waals surface area contributed by atoms with E-state index < -0.39 is 40.7 Å². The standard InChI is InChI=1S/C14H17N3O6S/c1-5-23-14(22)10(7(2)18)17-12(21)11(13(17)24-9(4)20)16(6-15)8(3)19/h11,13,18H,5H2,1-4H3. The minimum absolute atomic E-state index is 0.0172. The average Bonchev–Trinajstić information content (AvgIpc) is 2.47. The molecular formula is C14H17N3O6S. The molecule has 0 aromatic rings. The Bertz CT molecular complexity index is 649. The molecule has 0 aromatic carbocycles. The van der Waals surface area contributed by atoms with E-state index in [-0.39, 0.29) is 11.7 Å². The average molecular weight is 355 g/mol. The first-order chi connectivity index (χ1) is 11.2. The van der Waals surface area contributed by atoms with Gasteiger partial charge in [0.25, 0.3) is 5.91 Å². The highest BCUT2D eigenvalue weighted by Crippen LogP contribution is 2.38. The summed E-state index contributed by atoms with van der Waals surface area (Å²) in [5.41, 5.74) is -0.418. The summed E-state index contributed by atoms with van der Waals surface area (Å²) in [6.07, 6.45) is 1.60. The van der Waals surface area contributed by atoms with Gasteiger partial charge in [-0.15, -0.1) is 0 Å². The number of nitrogens with zero attached hydrogens (tertiary/aromatic N) is 3. The molecule has 1 N–H and O–H groups in total. The molecule has 1 rings (SSSR count). The fourth-order valence-corrected chi connectivity index (χ4v) is 3.18. The van der Waals surface area contributed by atoms with Crippen molar-refractivity contribution in [3.05, 3.63) is 11.5 Å². The number of amides is 2. The Hall–Kier alpha value is -2.54. The highest BCUT2D eigenvalue weighted by atomic mass is 32.2. The SMILES string of the molecule is CCOC(=O)C(=C(C)O)N1C(=O)C(N(C#N)C(C)=O)C1SC(C)=O. The lowest BCUT2D eigenvalue weighted by Gasteiger charge is -2.47. The van der Waals surface area contributed by atoms with E-state index in [1.54, 1.807) is 13.1 Å². The fraction of sp³-hybridized carbons (Fsp3) is 0.500. The Kier molecular flexibility index (Phi) is 6.36. The number of carbonyl (C=O) groups is 4. The lowest BCUT2D eigenvalue weighted by atomic mass is 10.0. The third kappa shape index (κ3) is 3.68. The number of allylic oxidation sites excluding steroid dienone is 1. The number of likely N-dealkylation sites (tertiary alicyclic amines) is 1.